The highest BCUT2D eigenvalue weighted by atomic mass is 35.5. The molecular formula is C18H15ClN4O2. The van der Waals surface area contributed by atoms with Gasteiger partial charge >= 0.3 is 0 Å². The lowest BCUT2D eigenvalue weighted by atomic mass is 10.1. The van der Waals surface area contributed by atoms with Gasteiger partial charge in [0.15, 0.2) is 5.82 Å². The van der Waals surface area contributed by atoms with Crippen molar-refractivity contribution in [2.24, 2.45) is 0 Å². The molecule has 1 amide bonds. The lowest BCUT2D eigenvalue weighted by Crippen LogP contribution is -2.35. The molecule has 126 valence electrons. The van der Waals surface area contributed by atoms with Gasteiger partial charge in [-0.2, -0.15) is 9.78 Å². The third-order valence-electron chi connectivity index (χ3n) is 4.26. The summed E-state index contributed by atoms with van der Waals surface area (Å²) in [6.45, 7) is 0.875. The highest BCUT2D eigenvalue weighted by Crippen LogP contribution is 2.29. The summed E-state index contributed by atoms with van der Waals surface area (Å²) in [6, 6.07) is 12.2. The van der Waals surface area contributed by atoms with E-state index in [9.17, 15) is 9.90 Å². The Morgan fingerprint density at radius 2 is 1.96 bits per heavy atom. The first-order valence-electron chi connectivity index (χ1n) is 7.89. The molecule has 0 unspecified atom stereocenters. The standard InChI is InChI=1S/C18H15ClN4O2/c19-13-6-4-12(5-7-13)17(24)22-10-8-14-15(11-22)21-23(18(14)25)16-3-1-2-9-20-16/h1-7,9,25H,8,10-11H2. The Morgan fingerprint density at radius 3 is 2.68 bits per heavy atom. The van der Waals surface area contributed by atoms with Crippen LogP contribution < -0.4 is 0 Å². The zero-order valence-electron chi connectivity index (χ0n) is 13.3. The summed E-state index contributed by atoms with van der Waals surface area (Å²) in [5.41, 5.74) is 2.05. The smallest absolute Gasteiger partial charge is 0.254 e. The van der Waals surface area contributed by atoms with Gasteiger partial charge < -0.3 is 10.0 Å². The third-order valence-corrected chi connectivity index (χ3v) is 4.51. The van der Waals surface area contributed by atoms with Crippen molar-refractivity contribution < 1.29 is 9.90 Å². The van der Waals surface area contributed by atoms with Crippen LogP contribution in [0.25, 0.3) is 5.82 Å². The second-order valence-electron chi connectivity index (χ2n) is 5.83. The highest BCUT2D eigenvalue weighted by Gasteiger charge is 2.28. The van der Waals surface area contributed by atoms with Crippen molar-refractivity contribution in [3.8, 4) is 11.7 Å². The van der Waals surface area contributed by atoms with Crippen LogP contribution in [-0.4, -0.2) is 37.2 Å². The Morgan fingerprint density at radius 1 is 1.16 bits per heavy atom. The Labute approximate surface area is 149 Å². The van der Waals surface area contributed by atoms with Crippen molar-refractivity contribution in [3.63, 3.8) is 0 Å². The molecule has 6 nitrogen and oxygen atoms in total. The number of fused-ring (bicyclic) bond motifs is 1. The van der Waals surface area contributed by atoms with Crippen LogP contribution in [0.2, 0.25) is 5.02 Å². The van der Waals surface area contributed by atoms with E-state index in [1.165, 1.54) is 4.68 Å². The molecule has 7 heteroatoms. The van der Waals surface area contributed by atoms with Crippen molar-refractivity contribution in [2.45, 2.75) is 13.0 Å². The predicted molar refractivity (Wildman–Crippen MR) is 92.9 cm³/mol. The summed E-state index contributed by atoms with van der Waals surface area (Å²) in [7, 11) is 0. The molecule has 0 aliphatic carbocycles. The molecule has 1 N–H and O–H groups in total. The monoisotopic (exact) mass is 354 g/mol. The molecule has 4 rings (SSSR count). The maximum Gasteiger partial charge on any atom is 0.254 e. The molecule has 0 bridgehead atoms. The molecule has 3 heterocycles. The van der Waals surface area contributed by atoms with Crippen molar-refractivity contribution in [2.75, 3.05) is 6.54 Å². The number of aromatic nitrogens is 3. The molecule has 25 heavy (non-hydrogen) atoms. The van der Waals surface area contributed by atoms with Gasteiger partial charge in [0.2, 0.25) is 5.88 Å². The van der Waals surface area contributed by atoms with E-state index in [0.29, 0.717) is 41.6 Å². The van der Waals surface area contributed by atoms with Gasteiger partial charge in [-0.25, -0.2) is 4.98 Å². The van der Waals surface area contributed by atoms with Crippen LogP contribution in [0.5, 0.6) is 5.88 Å². The fourth-order valence-electron chi connectivity index (χ4n) is 2.96. The first kappa shape index (κ1) is 15.7. The van der Waals surface area contributed by atoms with Crippen molar-refractivity contribution in [1.29, 1.82) is 0 Å². The lowest BCUT2D eigenvalue weighted by molar-refractivity contribution is 0.0732. The van der Waals surface area contributed by atoms with E-state index < -0.39 is 0 Å². The van der Waals surface area contributed by atoms with Crippen LogP contribution in [0.3, 0.4) is 0 Å². The minimum absolute atomic E-state index is 0.0748. The van der Waals surface area contributed by atoms with Crippen LogP contribution in [0.4, 0.5) is 0 Å². The molecule has 0 radical (unpaired) electrons. The largest absolute Gasteiger partial charge is 0.493 e. The van der Waals surface area contributed by atoms with E-state index in [4.69, 9.17) is 11.6 Å². The Bertz CT molecular complexity index is 922. The highest BCUT2D eigenvalue weighted by molar-refractivity contribution is 6.30. The summed E-state index contributed by atoms with van der Waals surface area (Å²) in [4.78, 5) is 18.6. The Balaban J connectivity index is 1.61. The fourth-order valence-corrected chi connectivity index (χ4v) is 3.09. The third kappa shape index (κ3) is 2.85. The zero-order chi connectivity index (χ0) is 17.4. The Hall–Kier alpha value is -2.86. The maximum absolute atomic E-state index is 12.7. The van der Waals surface area contributed by atoms with E-state index in [1.807, 2.05) is 6.07 Å². The number of amides is 1. The molecule has 3 aromatic rings. The van der Waals surface area contributed by atoms with E-state index in [-0.39, 0.29) is 11.8 Å². The number of rotatable bonds is 2. The predicted octanol–water partition coefficient (Wildman–Crippen LogP) is 2.82. The van der Waals surface area contributed by atoms with Crippen molar-refractivity contribution >= 4 is 17.5 Å². The summed E-state index contributed by atoms with van der Waals surface area (Å²) in [6.07, 6.45) is 2.19. The van der Waals surface area contributed by atoms with Gasteiger partial charge in [0.1, 0.15) is 0 Å². The second kappa shape index (κ2) is 6.22. The summed E-state index contributed by atoms with van der Waals surface area (Å²) < 4.78 is 1.42. The molecule has 0 spiro atoms. The molecular weight excluding hydrogens is 340 g/mol. The first-order chi connectivity index (χ1) is 12.1. The van der Waals surface area contributed by atoms with Gasteiger partial charge in [0, 0.05) is 28.9 Å². The number of hydrogen-bond acceptors (Lipinski definition) is 4. The van der Waals surface area contributed by atoms with Gasteiger partial charge in [0.25, 0.3) is 5.91 Å². The number of hydrogen-bond donors (Lipinski definition) is 1. The van der Waals surface area contributed by atoms with E-state index in [0.717, 1.165) is 5.56 Å². The van der Waals surface area contributed by atoms with Gasteiger partial charge in [-0.15, -0.1) is 0 Å². The number of aromatic hydroxyl groups is 1. The SMILES string of the molecule is O=C(c1ccc(Cl)cc1)N1CCc2c(nn(-c3ccccn3)c2O)C1. The quantitative estimate of drug-likeness (QED) is 0.768. The van der Waals surface area contributed by atoms with Crippen molar-refractivity contribution in [3.05, 3.63) is 70.5 Å². The van der Waals surface area contributed by atoms with E-state index in [1.54, 1.807) is 47.5 Å². The van der Waals surface area contributed by atoms with Crippen molar-refractivity contribution in [1.82, 2.24) is 19.7 Å². The minimum Gasteiger partial charge on any atom is -0.493 e. The molecule has 0 atom stereocenters. The molecule has 0 saturated carbocycles. The lowest BCUT2D eigenvalue weighted by Gasteiger charge is -2.26. The molecule has 1 aliphatic rings. The average molecular weight is 355 g/mol. The number of carbonyl (C=O) groups excluding carboxylic acids is 1. The van der Waals surface area contributed by atoms with Crippen LogP contribution in [-0.2, 0) is 13.0 Å². The zero-order valence-corrected chi connectivity index (χ0v) is 14.0. The van der Waals surface area contributed by atoms with Crippen LogP contribution >= 0.6 is 11.6 Å². The average Bonchev–Trinajstić information content (AvgIpc) is 2.99. The van der Waals surface area contributed by atoms with Gasteiger partial charge in [-0.05, 0) is 42.8 Å². The first-order valence-corrected chi connectivity index (χ1v) is 8.27. The number of halogens is 1. The minimum atomic E-state index is -0.0748. The topological polar surface area (TPSA) is 71.2 Å². The van der Waals surface area contributed by atoms with Crippen LogP contribution in [0, 0.1) is 0 Å². The molecule has 1 aromatic carbocycles. The summed E-state index contributed by atoms with van der Waals surface area (Å²) in [5.74, 6) is 0.562. The molecule has 2 aromatic heterocycles. The van der Waals surface area contributed by atoms with Crippen LogP contribution in [0.15, 0.2) is 48.7 Å². The van der Waals surface area contributed by atoms with Crippen LogP contribution in [0.1, 0.15) is 21.6 Å². The molecule has 0 fully saturated rings. The molecule has 0 saturated heterocycles. The normalized spacial score (nSPS) is 13.6. The number of benzene rings is 1. The molecule has 1 aliphatic heterocycles. The fraction of sp³-hybridized carbons (Fsp3) is 0.167. The van der Waals surface area contributed by atoms with Gasteiger partial charge in [0.05, 0.1) is 12.2 Å². The number of nitrogens with zero attached hydrogens (tertiary/aromatic N) is 4. The van der Waals surface area contributed by atoms with Gasteiger partial charge in [-0.1, -0.05) is 17.7 Å². The number of carbonyl (C=O) groups is 1. The van der Waals surface area contributed by atoms with Gasteiger partial charge in [-0.3, -0.25) is 4.79 Å². The van der Waals surface area contributed by atoms with E-state index in [2.05, 4.69) is 10.1 Å². The maximum atomic E-state index is 12.7. The number of pyridine rings is 1. The summed E-state index contributed by atoms with van der Waals surface area (Å²) in [5, 5.41) is 15.5. The van der Waals surface area contributed by atoms with E-state index >= 15 is 0 Å². The summed E-state index contributed by atoms with van der Waals surface area (Å²) >= 11 is 5.88. The second-order valence-corrected chi connectivity index (χ2v) is 6.27. The Kier molecular flexibility index (Phi) is 3.89.